The quantitative estimate of drug-likeness (QED) is 0.885. The first-order valence-electron chi connectivity index (χ1n) is 6.02. The predicted molar refractivity (Wildman–Crippen MR) is 74.8 cm³/mol. The summed E-state index contributed by atoms with van der Waals surface area (Å²) in [5, 5.41) is 13.3. The topological polar surface area (TPSA) is 32.3 Å². The number of halogens is 2. The van der Waals surface area contributed by atoms with Crippen LogP contribution in [0.5, 0.6) is 5.75 Å². The molecule has 0 aliphatic heterocycles. The zero-order valence-corrected chi connectivity index (χ0v) is 11.3. The van der Waals surface area contributed by atoms with Crippen LogP contribution in [0.1, 0.15) is 24.1 Å². The summed E-state index contributed by atoms with van der Waals surface area (Å²) in [6.45, 7) is 2.48. The number of benzene rings is 2. The lowest BCUT2D eigenvalue weighted by atomic mass is 10.1. The van der Waals surface area contributed by atoms with Crippen LogP contribution in [0.2, 0.25) is 5.02 Å². The molecule has 0 saturated carbocycles. The minimum atomic E-state index is -0.438. The molecular formula is C15H15ClFNO. The van der Waals surface area contributed by atoms with Crippen molar-refractivity contribution in [3.63, 3.8) is 0 Å². The molecule has 0 saturated heterocycles. The van der Waals surface area contributed by atoms with Crippen LogP contribution in [-0.2, 0) is 6.54 Å². The second kappa shape index (κ2) is 6.04. The Morgan fingerprint density at radius 2 is 2.05 bits per heavy atom. The molecule has 0 heterocycles. The summed E-state index contributed by atoms with van der Waals surface area (Å²) >= 11 is 5.94. The summed E-state index contributed by atoms with van der Waals surface area (Å²) in [4.78, 5) is 0. The second-order valence-electron chi connectivity index (χ2n) is 4.48. The molecule has 2 rings (SSSR count). The molecular weight excluding hydrogens is 265 g/mol. The van der Waals surface area contributed by atoms with Crippen LogP contribution in [0.3, 0.4) is 0 Å². The van der Waals surface area contributed by atoms with E-state index in [4.69, 9.17) is 11.6 Å². The van der Waals surface area contributed by atoms with Gasteiger partial charge in [0.25, 0.3) is 0 Å². The summed E-state index contributed by atoms with van der Waals surface area (Å²) < 4.78 is 13.1. The monoisotopic (exact) mass is 279 g/mol. The van der Waals surface area contributed by atoms with Crippen LogP contribution < -0.4 is 5.32 Å². The number of nitrogens with one attached hydrogen (secondary N) is 1. The van der Waals surface area contributed by atoms with Crippen LogP contribution in [0.15, 0.2) is 42.5 Å². The molecule has 0 unspecified atom stereocenters. The molecule has 0 amide bonds. The maximum Gasteiger partial charge on any atom is 0.127 e. The lowest BCUT2D eigenvalue weighted by Crippen LogP contribution is -2.18. The molecule has 4 heteroatoms. The highest BCUT2D eigenvalue weighted by molar-refractivity contribution is 6.30. The van der Waals surface area contributed by atoms with E-state index in [1.54, 1.807) is 6.07 Å². The van der Waals surface area contributed by atoms with E-state index in [9.17, 15) is 9.50 Å². The molecule has 2 aromatic carbocycles. The molecule has 0 radical (unpaired) electrons. The van der Waals surface area contributed by atoms with Crippen molar-refractivity contribution in [1.82, 2.24) is 5.32 Å². The van der Waals surface area contributed by atoms with Gasteiger partial charge in [-0.2, -0.15) is 0 Å². The Morgan fingerprint density at radius 1 is 1.26 bits per heavy atom. The first-order chi connectivity index (χ1) is 9.04. The summed E-state index contributed by atoms with van der Waals surface area (Å²) in [6.07, 6.45) is 0. The Morgan fingerprint density at radius 3 is 2.74 bits per heavy atom. The third-order valence-corrected chi connectivity index (χ3v) is 3.14. The molecule has 2 nitrogen and oxygen atoms in total. The van der Waals surface area contributed by atoms with Crippen LogP contribution in [0.25, 0.3) is 0 Å². The van der Waals surface area contributed by atoms with Gasteiger partial charge in [0, 0.05) is 23.7 Å². The number of phenols is 1. The van der Waals surface area contributed by atoms with Crippen LogP contribution in [0, 0.1) is 5.82 Å². The van der Waals surface area contributed by atoms with Gasteiger partial charge in [0.15, 0.2) is 0 Å². The molecule has 2 aromatic rings. The fourth-order valence-corrected chi connectivity index (χ4v) is 2.10. The molecule has 1 atom stereocenters. The van der Waals surface area contributed by atoms with Gasteiger partial charge >= 0.3 is 0 Å². The lowest BCUT2D eigenvalue weighted by Gasteiger charge is -2.14. The lowest BCUT2D eigenvalue weighted by molar-refractivity contribution is 0.466. The van der Waals surface area contributed by atoms with Crippen molar-refractivity contribution in [3.8, 4) is 5.75 Å². The number of hydrogen-bond acceptors (Lipinski definition) is 2. The van der Waals surface area contributed by atoms with E-state index in [2.05, 4.69) is 5.32 Å². The van der Waals surface area contributed by atoms with E-state index in [0.717, 1.165) is 11.6 Å². The van der Waals surface area contributed by atoms with Gasteiger partial charge < -0.3 is 10.4 Å². The first kappa shape index (κ1) is 13.8. The Balaban J connectivity index is 2.02. The smallest absolute Gasteiger partial charge is 0.127 e. The Labute approximate surface area is 116 Å². The molecule has 2 N–H and O–H groups in total. The van der Waals surface area contributed by atoms with E-state index >= 15 is 0 Å². The number of hydrogen-bond donors (Lipinski definition) is 2. The Hall–Kier alpha value is -1.58. The fourth-order valence-electron chi connectivity index (χ4n) is 1.90. The summed E-state index contributed by atoms with van der Waals surface area (Å²) in [5.74, 6) is -0.501. The van der Waals surface area contributed by atoms with E-state index in [-0.39, 0.29) is 11.8 Å². The van der Waals surface area contributed by atoms with Crippen molar-refractivity contribution in [2.45, 2.75) is 19.5 Å². The standard InChI is InChI=1S/C15H15ClFNO/c1-10(12-3-2-4-13(16)7-12)18-9-11-5-14(17)8-15(19)6-11/h2-8,10,18-19H,9H2,1H3/t10-/m0/s1. The Kier molecular flexibility index (Phi) is 4.40. The average Bonchev–Trinajstić information content (AvgIpc) is 2.35. The highest BCUT2D eigenvalue weighted by Crippen LogP contribution is 2.19. The minimum absolute atomic E-state index is 0.0628. The minimum Gasteiger partial charge on any atom is -0.508 e. The normalized spacial score (nSPS) is 12.4. The van der Waals surface area contributed by atoms with Gasteiger partial charge in [-0.05, 0) is 42.3 Å². The first-order valence-corrected chi connectivity index (χ1v) is 6.39. The molecule has 19 heavy (non-hydrogen) atoms. The summed E-state index contributed by atoms with van der Waals surface area (Å²) in [6, 6.07) is 11.7. The Bertz CT molecular complexity index is 554. The van der Waals surface area contributed by atoms with Gasteiger partial charge in [-0.25, -0.2) is 4.39 Å². The molecule has 0 fully saturated rings. The van der Waals surface area contributed by atoms with Crippen molar-refractivity contribution >= 4 is 11.6 Å². The predicted octanol–water partition coefficient (Wildman–Crippen LogP) is 4.04. The molecule has 0 aliphatic rings. The van der Waals surface area contributed by atoms with Crippen LogP contribution >= 0.6 is 11.6 Å². The maximum atomic E-state index is 13.1. The molecule has 0 bridgehead atoms. The second-order valence-corrected chi connectivity index (χ2v) is 4.91. The van der Waals surface area contributed by atoms with Crippen molar-refractivity contribution in [2.24, 2.45) is 0 Å². The van der Waals surface area contributed by atoms with Gasteiger partial charge in [0.1, 0.15) is 11.6 Å². The molecule has 0 aromatic heterocycles. The molecule has 100 valence electrons. The fraction of sp³-hybridized carbons (Fsp3) is 0.200. The third-order valence-electron chi connectivity index (χ3n) is 2.90. The average molecular weight is 280 g/mol. The van der Waals surface area contributed by atoms with Gasteiger partial charge in [-0.1, -0.05) is 23.7 Å². The van der Waals surface area contributed by atoms with Crippen molar-refractivity contribution < 1.29 is 9.50 Å². The van der Waals surface area contributed by atoms with Crippen LogP contribution in [0.4, 0.5) is 4.39 Å². The highest BCUT2D eigenvalue weighted by Gasteiger charge is 2.06. The molecule has 0 aliphatic carbocycles. The van der Waals surface area contributed by atoms with E-state index < -0.39 is 5.82 Å². The van der Waals surface area contributed by atoms with Gasteiger partial charge in [0.05, 0.1) is 0 Å². The van der Waals surface area contributed by atoms with E-state index in [1.165, 1.54) is 6.07 Å². The van der Waals surface area contributed by atoms with E-state index in [1.807, 2.05) is 31.2 Å². The van der Waals surface area contributed by atoms with E-state index in [0.29, 0.717) is 17.1 Å². The van der Waals surface area contributed by atoms with Crippen molar-refractivity contribution in [3.05, 3.63) is 64.4 Å². The highest BCUT2D eigenvalue weighted by atomic mass is 35.5. The zero-order valence-electron chi connectivity index (χ0n) is 10.5. The largest absolute Gasteiger partial charge is 0.508 e. The molecule has 0 spiro atoms. The number of phenolic OH excluding ortho intramolecular Hbond substituents is 1. The van der Waals surface area contributed by atoms with Crippen LogP contribution in [-0.4, -0.2) is 5.11 Å². The van der Waals surface area contributed by atoms with Gasteiger partial charge in [-0.15, -0.1) is 0 Å². The summed E-state index contributed by atoms with van der Waals surface area (Å²) in [7, 11) is 0. The zero-order chi connectivity index (χ0) is 13.8. The SMILES string of the molecule is C[C@H](NCc1cc(O)cc(F)c1)c1cccc(Cl)c1. The number of aromatic hydroxyl groups is 1. The van der Waals surface area contributed by atoms with Crippen molar-refractivity contribution in [1.29, 1.82) is 0 Å². The van der Waals surface area contributed by atoms with Crippen molar-refractivity contribution in [2.75, 3.05) is 0 Å². The third kappa shape index (κ3) is 3.94. The van der Waals surface area contributed by atoms with Gasteiger partial charge in [0.2, 0.25) is 0 Å². The van der Waals surface area contributed by atoms with Gasteiger partial charge in [-0.3, -0.25) is 0 Å². The number of rotatable bonds is 4. The maximum absolute atomic E-state index is 13.1. The summed E-state index contributed by atoms with van der Waals surface area (Å²) in [5.41, 5.74) is 1.76.